The first kappa shape index (κ1) is 13.1. The van der Waals surface area contributed by atoms with Crippen LogP contribution in [0.5, 0.6) is 5.75 Å². The van der Waals surface area contributed by atoms with E-state index in [4.69, 9.17) is 33.7 Å². The molecule has 6 heteroatoms. The van der Waals surface area contributed by atoms with Crippen LogP contribution in [0, 0.1) is 0 Å². The molecule has 4 nitrogen and oxygen atoms in total. The van der Waals surface area contributed by atoms with E-state index >= 15 is 0 Å². The third kappa shape index (κ3) is 3.10. The molecule has 0 fully saturated rings. The van der Waals surface area contributed by atoms with Gasteiger partial charge in [0.15, 0.2) is 5.82 Å². The van der Waals surface area contributed by atoms with Gasteiger partial charge in [0.1, 0.15) is 12.4 Å². The van der Waals surface area contributed by atoms with Crippen molar-refractivity contribution in [2.45, 2.75) is 13.2 Å². The predicted molar refractivity (Wildman–Crippen MR) is 70.7 cm³/mol. The van der Waals surface area contributed by atoms with Gasteiger partial charge in [-0.3, -0.25) is 0 Å². The summed E-state index contributed by atoms with van der Waals surface area (Å²) in [5.41, 5.74) is 6.38. The summed E-state index contributed by atoms with van der Waals surface area (Å²) in [6.45, 7) is 0.528. The zero-order chi connectivity index (χ0) is 13.0. The molecule has 0 aliphatic heterocycles. The Kier molecular flexibility index (Phi) is 4.36. The first-order valence-corrected chi connectivity index (χ1v) is 6.03. The Hall–Kier alpha value is -1.36. The molecular weight excluding hydrogens is 273 g/mol. The van der Waals surface area contributed by atoms with Crippen LogP contribution in [0.4, 0.5) is 0 Å². The maximum atomic E-state index is 6.07. The number of nitrogens with two attached hydrogens (primary N) is 1. The summed E-state index contributed by atoms with van der Waals surface area (Å²) in [6.07, 6.45) is 3.30. The Morgan fingerprint density at radius 2 is 1.89 bits per heavy atom. The zero-order valence-electron chi connectivity index (χ0n) is 9.44. The lowest BCUT2D eigenvalue weighted by Gasteiger charge is -2.12. The molecule has 0 saturated heterocycles. The zero-order valence-corrected chi connectivity index (χ0v) is 10.9. The average Bonchev–Trinajstić information content (AvgIpc) is 2.38. The van der Waals surface area contributed by atoms with Gasteiger partial charge in [0.2, 0.25) is 0 Å². The average molecular weight is 284 g/mol. The maximum absolute atomic E-state index is 6.07. The normalized spacial score (nSPS) is 10.4. The van der Waals surface area contributed by atoms with E-state index in [9.17, 15) is 0 Å². The van der Waals surface area contributed by atoms with Crippen molar-refractivity contribution in [1.82, 2.24) is 9.97 Å². The Bertz CT molecular complexity index is 534. The summed E-state index contributed by atoms with van der Waals surface area (Å²) in [7, 11) is 0. The predicted octanol–water partition coefficient (Wildman–Crippen LogP) is 2.82. The van der Waals surface area contributed by atoms with Crippen molar-refractivity contribution in [2.75, 3.05) is 0 Å². The number of nitrogens with zero attached hydrogens (tertiary/aromatic N) is 2. The topological polar surface area (TPSA) is 61.0 Å². The second kappa shape index (κ2) is 6.00. The highest BCUT2D eigenvalue weighted by Gasteiger charge is 2.10. The molecular formula is C12H11Cl2N3O. The van der Waals surface area contributed by atoms with E-state index in [0.717, 1.165) is 5.56 Å². The van der Waals surface area contributed by atoms with Crippen molar-refractivity contribution in [1.29, 1.82) is 0 Å². The Labute approximate surface area is 115 Å². The van der Waals surface area contributed by atoms with Crippen LogP contribution < -0.4 is 10.5 Å². The third-order valence-corrected chi connectivity index (χ3v) is 2.77. The Morgan fingerprint density at radius 1 is 1.17 bits per heavy atom. The molecule has 1 heterocycles. The highest BCUT2D eigenvalue weighted by Crippen LogP contribution is 2.32. The molecule has 1 aromatic heterocycles. The summed E-state index contributed by atoms with van der Waals surface area (Å²) < 4.78 is 5.60. The van der Waals surface area contributed by atoms with E-state index < -0.39 is 0 Å². The molecule has 2 aromatic rings. The number of aromatic nitrogens is 2. The van der Waals surface area contributed by atoms with Gasteiger partial charge >= 0.3 is 0 Å². The van der Waals surface area contributed by atoms with Crippen LogP contribution in [-0.2, 0) is 13.2 Å². The molecule has 0 atom stereocenters. The lowest BCUT2D eigenvalue weighted by molar-refractivity contribution is 0.293. The largest absolute Gasteiger partial charge is 0.484 e. The maximum Gasteiger partial charge on any atom is 0.166 e. The monoisotopic (exact) mass is 283 g/mol. The number of hydrogen-bond acceptors (Lipinski definition) is 4. The lowest BCUT2D eigenvalue weighted by atomic mass is 10.2. The van der Waals surface area contributed by atoms with Crippen LogP contribution in [0.25, 0.3) is 0 Å². The first-order valence-electron chi connectivity index (χ1n) is 5.27. The SMILES string of the molecule is NCc1cc(Cl)cc(Cl)c1OCc1ncccn1. The molecule has 0 saturated carbocycles. The van der Waals surface area contributed by atoms with Crippen LogP contribution >= 0.6 is 23.2 Å². The van der Waals surface area contributed by atoms with Gasteiger partial charge in [0, 0.05) is 29.5 Å². The number of ether oxygens (including phenoxy) is 1. The van der Waals surface area contributed by atoms with Crippen molar-refractivity contribution in [3.63, 3.8) is 0 Å². The molecule has 0 unspecified atom stereocenters. The fourth-order valence-corrected chi connectivity index (χ4v) is 2.06. The van der Waals surface area contributed by atoms with Crippen molar-refractivity contribution in [3.05, 3.63) is 52.0 Å². The minimum Gasteiger partial charge on any atom is -0.484 e. The second-order valence-electron chi connectivity index (χ2n) is 3.53. The molecule has 0 bridgehead atoms. The van der Waals surface area contributed by atoms with Crippen molar-refractivity contribution in [2.24, 2.45) is 5.73 Å². The molecule has 2 N–H and O–H groups in total. The van der Waals surface area contributed by atoms with E-state index in [1.54, 1.807) is 30.6 Å². The molecule has 0 aliphatic rings. The van der Waals surface area contributed by atoms with Crippen LogP contribution in [0.1, 0.15) is 11.4 Å². The fraction of sp³-hybridized carbons (Fsp3) is 0.167. The highest BCUT2D eigenvalue weighted by molar-refractivity contribution is 6.35. The van der Waals surface area contributed by atoms with Gasteiger partial charge in [-0.15, -0.1) is 0 Å². The highest BCUT2D eigenvalue weighted by atomic mass is 35.5. The summed E-state index contributed by atoms with van der Waals surface area (Å²) >= 11 is 12.0. The van der Waals surface area contributed by atoms with Crippen molar-refractivity contribution < 1.29 is 4.74 Å². The summed E-state index contributed by atoms with van der Waals surface area (Å²) in [5, 5.41) is 0.961. The van der Waals surface area contributed by atoms with Gasteiger partial charge in [-0.2, -0.15) is 0 Å². The van der Waals surface area contributed by atoms with E-state index in [1.807, 2.05) is 0 Å². The van der Waals surface area contributed by atoms with E-state index in [1.165, 1.54) is 0 Å². The first-order chi connectivity index (χ1) is 8.70. The Morgan fingerprint density at radius 3 is 2.56 bits per heavy atom. The van der Waals surface area contributed by atoms with Gasteiger partial charge in [-0.1, -0.05) is 23.2 Å². The fourth-order valence-electron chi connectivity index (χ4n) is 1.47. The number of rotatable bonds is 4. The van der Waals surface area contributed by atoms with E-state index in [0.29, 0.717) is 28.2 Å². The van der Waals surface area contributed by atoms with Crippen LogP contribution in [0.15, 0.2) is 30.6 Å². The minimum absolute atomic E-state index is 0.231. The lowest BCUT2D eigenvalue weighted by Crippen LogP contribution is -2.05. The van der Waals surface area contributed by atoms with Gasteiger partial charge < -0.3 is 10.5 Å². The second-order valence-corrected chi connectivity index (χ2v) is 4.38. The van der Waals surface area contributed by atoms with Crippen LogP contribution in [0.2, 0.25) is 10.0 Å². The van der Waals surface area contributed by atoms with Crippen LogP contribution in [0.3, 0.4) is 0 Å². The third-order valence-electron chi connectivity index (χ3n) is 2.27. The number of hydrogen-bond donors (Lipinski definition) is 1. The Balaban J connectivity index is 2.19. The molecule has 18 heavy (non-hydrogen) atoms. The summed E-state index contributed by atoms with van der Waals surface area (Å²) in [4.78, 5) is 8.12. The molecule has 2 rings (SSSR count). The molecule has 0 spiro atoms. The number of benzene rings is 1. The van der Waals surface area contributed by atoms with Gasteiger partial charge in [0.25, 0.3) is 0 Å². The standard InChI is InChI=1S/C12H11Cl2N3O/c13-9-4-8(6-15)12(10(14)5-9)18-7-11-16-2-1-3-17-11/h1-5H,6-7,15H2. The quantitative estimate of drug-likeness (QED) is 0.937. The molecule has 1 aromatic carbocycles. The summed E-state index contributed by atoms with van der Waals surface area (Å²) in [5.74, 6) is 1.10. The number of halogens is 2. The molecule has 0 aliphatic carbocycles. The van der Waals surface area contributed by atoms with E-state index in [2.05, 4.69) is 9.97 Å². The van der Waals surface area contributed by atoms with E-state index in [-0.39, 0.29) is 6.61 Å². The van der Waals surface area contributed by atoms with Crippen molar-refractivity contribution in [3.8, 4) is 5.75 Å². The smallest absolute Gasteiger partial charge is 0.166 e. The van der Waals surface area contributed by atoms with Gasteiger partial charge in [-0.25, -0.2) is 9.97 Å². The molecule has 0 amide bonds. The molecule has 94 valence electrons. The summed E-state index contributed by atoms with van der Waals surface area (Å²) in [6, 6.07) is 5.09. The van der Waals surface area contributed by atoms with Crippen molar-refractivity contribution >= 4 is 23.2 Å². The minimum atomic E-state index is 0.231. The molecule has 0 radical (unpaired) electrons. The van der Waals surface area contributed by atoms with Gasteiger partial charge in [0.05, 0.1) is 5.02 Å². The van der Waals surface area contributed by atoms with Gasteiger partial charge in [-0.05, 0) is 18.2 Å². The van der Waals surface area contributed by atoms with Crippen LogP contribution in [-0.4, -0.2) is 9.97 Å².